The smallest absolute Gasteiger partial charge is 0.161 e. The van der Waals surface area contributed by atoms with E-state index in [2.05, 4.69) is 62.4 Å². The van der Waals surface area contributed by atoms with Gasteiger partial charge in [-0.15, -0.1) is 0 Å². The maximum Gasteiger partial charge on any atom is 0.161 e. The minimum atomic E-state index is 0.400. The molecule has 1 aliphatic heterocycles. The molecule has 0 amide bonds. The van der Waals surface area contributed by atoms with Crippen molar-refractivity contribution in [3.8, 4) is 0 Å². The summed E-state index contributed by atoms with van der Waals surface area (Å²) in [6.45, 7) is 5.50. The van der Waals surface area contributed by atoms with Gasteiger partial charge in [0.15, 0.2) is 5.17 Å². The highest BCUT2D eigenvalue weighted by atomic mass is 32.2. The lowest BCUT2D eigenvalue weighted by Crippen LogP contribution is -2.32. The maximum atomic E-state index is 4.77. The molecular weight excluding hydrogens is 266 g/mol. The molecule has 0 aliphatic carbocycles. The van der Waals surface area contributed by atoms with Crippen LogP contribution in [0.4, 0.5) is 11.4 Å². The fourth-order valence-corrected chi connectivity index (χ4v) is 3.67. The van der Waals surface area contributed by atoms with Crippen LogP contribution in [0.3, 0.4) is 0 Å². The second-order valence-electron chi connectivity index (χ2n) is 5.65. The Morgan fingerprint density at radius 3 is 2.50 bits per heavy atom. The number of benzene rings is 1. The number of amidine groups is 1. The number of anilines is 2. The van der Waals surface area contributed by atoms with Crippen LogP contribution in [0.25, 0.3) is 0 Å². The van der Waals surface area contributed by atoms with Crippen LogP contribution >= 0.6 is 11.8 Å². The Morgan fingerprint density at radius 2 is 1.95 bits per heavy atom. The summed E-state index contributed by atoms with van der Waals surface area (Å²) in [5.74, 6) is 1.16. The molecule has 2 rings (SSSR count). The number of para-hydroxylation sites is 2. The van der Waals surface area contributed by atoms with E-state index in [-0.39, 0.29) is 0 Å². The molecule has 4 heteroatoms. The van der Waals surface area contributed by atoms with Gasteiger partial charge in [-0.3, -0.25) is 4.99 Å². The van der Waals surface area contributed by atoms with E-state index in [9.17, 15) is 0 Å². The van der Waals surface area contributed by atoms with E-state index in [1.54, 1.807) is 0 Å². The topological polar surface area (TPSA) is 27.6 Å². The summed E-state index contributed by atoms with van der Waals surface area (Å²) >= 11 is 1.85. The monoisotopic (exact) mass is 291 g/mol. The van der Waals surface area contributed by atoms with Gasteiger partial charge in [0.25, 0.3) is 0 Å². The average molecular weight is 291 g/mol. The minimum Gasteiger partial charge on any atom is -0.376 e. The molecule has 0 spiro atoms. The molecule has 0 aromatic heterocycles. The first-order valence-electron chi connectivity index (χ1n) is 7.31. The molecule has 0 atom stereocenters. The molecule has 1 N–H and O–H groups in total. The van der Waals surface area contributed by atoms with E-state index >= 15 is 0 Å². The molecule has 110 valence electrons. The second-order valence-corrected chi connectivity index (χ2v) is 6.62. The molecule has 1 heterocycles. The van der Waals surface area contributed by atoms with Gasteiger partial charge in [0.05, 0.1) is 11.4 Å². The maximum absolute atomic E-state index is 4.77. The number of aliphatic imine (C=N–C) groups is 1. The van der Waals surface area contributed by atoms with Crippen molar-refractivity contribution in [1.29, 1.82) is 0 Å². The highest BCUT2D eigenvalue weighted by molar-refractivity contribution is 8.14. The highest BCUT2D eigenvalue weighted by Crippen LogP contribution is 2.36. The molecule has 0 saturated heterocycles. The lowest BCUT2D eigenvalue weighted by molar-refractivity contribution is 0.318. The third-order valence-electron chi connectivity index (χ3n) is 4.20. The molecule has 0 radical (unpaired) electrons. The summed E-state index contributed by atoms with van der Waals surface area (Å²) in [7, 11) is 4.13. The van der Waals surface area contributed by atoms with E-state index in [4.69, 9.17) is 4.99 Å². The molecule has 3 nitrogen and oxygen atoms in total. The Morgan fingerprint density at radius 1 is 1.25 bits per heavy atom. The number of nitrogens with zero attached hydrogens (tertiary/aromatic N) is 2. The van der Waals surface area contributed by atoms with Gasteiger partial charge >= 0.3 is 0 Å². The number of hydrogen-bond donors (Lipinski definition) is 1. The fraction of sp³-hybridized carbons (Fsp3) is 0.562. The lowest BCUT2D eigenvalue weighted by Gasteiger charge is -2.33. The van der Waals surface area contributed by atoms with E-state index in [0.29, 0.717) is 5.41 Å². The molecule has 1 aliphatic rings. The Labute approximate surface area is 126 Å². The van der Waals surface area contributed by atoms with Crippen molar-refractivity contribution in [3.63, 3.8) is 0 Å². The summed E-state index contributed by atoms with van der Waals surface area (Å²) in [4.78, 5) is 6.89. The van der Waals surface area contributed by atoms with Crippen molar-refractivity contribution in [2.45, 2.75) is 26.7 Å². The van der Waals surface area contributed by atoms with Gasteiger partial charge in [0.1, 0.15) is 0 Å². The Kier molecular flexibility index (Phi) is 4.97. The number of rotatable bonds is 4. The van der Waals surface area contributed by atoms with Gasteiger partial charge < -0.3 is 10.2 Å². The summed E-state index contributed by atoms with van der Waals surface area (Å²) in [6, 6.07) is 8.36. The zero-order valence-corrected chi connectivity index (χ0v) is 13.8. The van der Waals surface area contributed by atoms with Gasteiger partial charge in [-0.05, 0) is 30.4 Å². The molecule has 0 unspecified atom stereocenters. The Balaban J connectivity index is 2.11. The highest BCUT2D eigenvalue weighted by Gasteiger charge is 2.30. The summed E-state index contributed by atoms with van der Waals surface area (Å²) < 4.78 is 0. The van der Waals surface area contributed by atoms with E-state index in [0.717, 1.165) is 23.2 Å². The predicted molar refractivity (Wildman–Crippen MR) is 92.2 cm³/mol. The lowest BCUT2D eigenvalue weighted by atomic mass is 9.84. The third kappa shape index (κ3) is 3.29. The van der Waals surface area contributed by atoms with Crippen LogP contribution in [0.2, 0.25) is 0 Å². The van der Waals surface area contributed by atoms with Crippen molar-refractivity contribution in [2.75, 3.05) is 36.6 Å². The number of hydrogen-bond acceptors (Lipinski definition) is 4. The van der Waals surface area contributed by atoms with Crippen molar-refractivity contribution in [2.24, 2.45) is 10.4 Å². The van der Waals surface area contributed by atoms with Crippen LogP contribution in [-0.4, -0.2) is 31.6 Å². The third-order valence-corrected chi connectivity index (χ3v) is 5.46. The van der Waals surface area contributed by atoms with Crippen LogP contribution in [-0.2, 0) is 0 Å². The Hall–Kier alpha value is -1.16. The van der Waals surface area contributed by atoms with Crippen molar-refractivity contribution >= 4 is 28.3 Å². The van der Waals surface area contributed by atoms with Gasteiger partial charge in [-0.1, -0.05) is 37.7 Å². The summed E-state index contributed by atoms with van der Waals surface area (Å²) in [6.07, 6.45) is 2.42. The van der Waals surface area contributed by atoms with E-state index < -0.39 is 0 Å². The van der Waals surface area contributed by atoms with Crippen LogP contribution < -0.4 is 10.2 Å². The van der Waals surface area contributed by atoms with E-state index in [1.807, 2.05) is 11.8 Å². The second kappa shape index (κ2) is 6.53. The first kappa shape index (κ1) is 15.2. The number of nitrogens with one attached hydrogen (secondary N) is 1. The molecule has 0 fully saturated rings. The van der Waals surface area contributed by atoms with Crippen LogP contribution in [0.15, 0.2) is 29.3 Å². The van der Waals surface area contributed by atoms with Crippen LogP contribution in [0, 0.1) is 5.41 Å². The summed E-state index contributed by atoms with van der Waals surface area (Å²) in [5.41, 5.74) is 2.72. The average Bonchev–Trinajstić information content (AvgIpc) is 2.49. The van der Waals surface area contributed by atoms with Gasteiger partial charge in [-0.2, -0.15) is 0 Å². The number of thioether (sulfide) groups is 1. The van der Waals surface area contributed by atoms with Crippen molar-refractivity contribution in [1.82, 2.24) is 0 Å². The molecule has 0 bridgehead atoms. The molecule has 0 saturated carbocycles. The normalized spacial score (nSPS) is 17.5. The Bertz CT molecular complexity index is 478. The molecule has 1 aromatic rings. The molecule has 1 aromatic carbocycles. The SMILES string of the molecule is CCC1(CC)CN=C(Nc2ccccc2N(C)C)SC1. The van der Waals surface area contributed by atoms with Gasteiger partial charge in [0.2, 0.25) is 0 Å². The van der Waals surface area contributed by atoms with Crippen molar-refractivity contribution in [3.05, 3.63) is 24.3 Å². The minimum absolute atomic E-state index is 0.400. The van der Waals surface area contributed by atoms with Crippen LogP contribution in [0.1, 0.15) is 26.7 Å². The standard InChI is InChI=1S/C16H25N3S/c1-5-16(6-2)11-17-15(20-12-16)18-13-9-7-8-10-14(13)19(3)4/h7-10H,5-6,11-12H2,1-4H3,(H,17,18). The first-order chi connectivity index (χ1) is 9.60. The quantitative estimate of drug-likeness (QED) is 0.906. The first-order valence-corrected chi connectivity index (χ1v) is 8.29. The van der Waals surface area contributed by atoms with Gasteiger partial charge in [-0.25, -0.2) is 0 Å². The fourth-order valence-electron chi connectivity index (χ4n) is 2.39. The molecule has 20 heavy (non-hydrogen) atoms. The van der Waals surface area contributed by atoms with Crippen LogP contribution in [0.5, 0.6) is 0 Å². The van der Waals surface area contributed by atoms with Gasteiger partial charge in [0, 0.05) is 26.4 Å². The predicted octanol–water partition coefficient (Wildman–Crippen LogP) is 4.07. The molecular formula is C16H25N3S. The largest absolute Gasteiger partial charge is 0.376 e. The zero-order valence-electron chi connectivity index (χ0n) is 12.9. The summed E-state index contributed by atoms with van der Waals surface area (Å²) in [5, 5.41) is 4.54. The van der Waals surface area contributed by atoms with Crippen molar-refractivity contribution < 1.29 is 0 Å². The zero-order chi connectivity index (χ0) is 14.6. The van der Waals surface area contributed by atoms with E-state index in [1.165, 1.54) is 18.5 Å².